The monoisotopic (exact) mass is 304 g/mol. The Hall–Kier alpha value is -0.640. The van der Waals surface area contributed by atoms with Gasteiger partial charge in [-0.15, -0.1) is 0 Å². The molecule has 4 rings (SSSR count). The summed E-state index contributed by atoms with van der Waals surface area (Å²) in [5.41, 5.74) is -0.518. The van der Waals surface area contributed by atoms with Gasteiger partial charge in [0.1, 0.15) is 0 Å². The van der Waals surface area contributed by atoms with Crippen LogP contribution in [0.2, 0.25) is 0 Å². The quantitative estimate of drug-likeness (QED) is 0.515. The Morgan fingerprint density at radius 1 is 1.00 bits per heavy atom. The second-order valence-corrected chi connectivity index (χ2v) is 8.35. The highest BCUT2D eigenvalue weighted by Crippen LogP contribution is 2.65. The van der Waals surface area contributed by atoms with Crippen LogP contribution in [0.25, 0.3) is 0 Å². The van der Waals surface area contributed by atoms with Gasteiger partial charge in [-0.3, -0.25) is 0 Å². The second-order valence-electron chi connectivity index (χ2n) is 8.35. The Morgan fingerprint density at radius 3 is 2.59 bits per heavy atom. The molecule has 3 N–H and O–H groups in total. The molecule has 122 valence electrons. The lowest BCUT2D eigenvalue weighted by Crippen LogP contribution is -2.58. The van der Waals surface area contributed by atoms with E-state index in [4.69, 9.17) is 0 Å². The van der Waals surface area contributed by atoms with Gasteiger partial charge in [0.15, 0.2) is 0 Å². The van der Waals surface area contributed by atoms with Crippen LogP contribution in [0, 0.1) is 34.5 Å². The standard InChI is InChI=1S/C19H28O3/c1-17-10-3-2-5-13(17)7-8-14-15(17)9-12-18(19(20,21)22)11-4-6-16(14)18/h3,7-8,10,13-16,20-22H,2,4-6,9,11-12H2,1H3/t13?,14-,15+,16+,17+,18-/m1/s1. The zero-order chi connectivity index (χ0) is 15.6. The average molecular weight is 304 g/mol. The number of rotatable bonds is 1. The Kier molecular flexibility index (Phi) is 3.18. The van der Waals surface area contributed by atoms with Gasteiger partial charge in [-0.2, -0.15) is 0 Å². The molecule has 0 aromatic heterocycles. The molecule has 0 bridgehead atoms. The van der Waals surface area contributed by atoms with Gasteiger partial charge in [0.25, 0.3) is 5.97 Å². The molecule has 0 saturated heterocycles. The first-order chi connectivity index (χ1) is 10.4. The van der Waals surface area contributed by atoms with E-state index in [1.807, 2.05) is 0 Å². The minimum Gasteiger partial charge on any atom is -0.343 e. The van der Waals surface area contributed by atoms with Gasteiger partial charge in [-0.25, -0.2) is 0 Å². The Balaban J connectivity index is 1.74. The lowest BCUT2D eigenvalue weighted by Gasteiger charge is -2.57. The zero-order valence-corrected chi connectivity index (χ0v) is 13.4. The molecule has 0 amide bonds. The van der Waals surface area contributed by atoms with E-state index in [0.717, 1.165) is 32.1 Å². The van der Waals surface area contributed by atoms with Gasteiger partial charge in [0.2, 0.25) is 0 Å². The first-order valence-electron chi connectivity index (χ1n) is 8.92. The van der Waals surface area contributed by atoms with E-state index in [0.29, 0.717) is 17.8 Å². The third-order valence-electron chi connectivity index (χ3n) is 7.63. The van der Waals surface area contributed by atoms with Crippen LogP contribution in [-0.4, -0.2) is 21.3 Å². The van der Waals surface area contributed by atoms with E-state index in [1.165, 1.54) is 12.8 Å². The predicted octanol–water partition coefficient (Wildman–Crippen LogP) is 2.97. The third-order valence-corrected chi connectivity index (χ3v) is 7.63. The largest absolute Gasteiger partial charge is 0.343 e. The number of hydrogen-bond acceptors (Lipinski definition) is 3. The summed E-state index contributed by atoms with van der Waals surface area (Å²) in [6.45, 7) is 2.39. The normalized spacial score (nSPS) is 50.4. The molecule has 0 heterocycles. The molecule has 0 radical (unpaired) electrons. The fourth-order valence-corrected chi connectivity index (χ4v) is 6.45. The van der Waals surface area contributed by atoms with E-state index in [2.05, 4.69) is 31.2 Å². The summed E-state index contributed by atoms with van der Waals surface area (Å²) < 4.78 is 0. The topological polar surface area (TPSA) is 60.7 Å². The summed E-state index contributed by atoms with van der Waals surface area (Å²) in [6, 6.07) is 0. The SMILES string of the molecule is C[C@]12C=CCCC1C=C[C@H]1[C@@H]3CCC[C@@]3(C(O)(O)O)CC[C@@H]12. The summed E-state index contributed by atoms with van der Waals surface area (Å²) >= 11 is 0. The van der Waals surface area contributed by atoms with Crippen LogP contribution in [0.1, 0.15) is 51.9 Å². The van der Waals surface area contributed by atoms with Crippen molar-refractivity contribution in [2.24, 2.45) is 34.5 Å². The summed E-state index contributed by atoms with van der Waals surface area (Å²) in [6.07, 6.45) is 16.3. The highest BCUT2D eigenvalue weighted by Gasteiger charge is 2.63. The van der Waals surface area contributed by atoms with Crippen LogP contribution >= 0.6 is 0 Å². The fourth-order valence-electron chi connectivity index (χ4n) is 6.45. The van der Waals surface area contributed by atoms with E-state index in [1.54, 1.807) is 0 Å². The van der Waals surface area contributed by atoms with Crippen molar-refractivity contribution < 1.29 is 15.3 Å². The predicted molar refractivity (Wildman–Crippen MR) is 84.5 cm³/mol. The van der Waals surface area contributed by atoms with Crippen LogP contribution in [0.15, 0.2) is 24.3 Å². The van der Waals surface area contributed by atoms with Crippen molar-refractivity contribution in [2.45, 2.75) is 57.8 Å². The number of aliphatic hydroxyl groups is 3. The summed E-state index contributed by atoms with van der Waals surface area (Å²) in [5.74, 6) is -0.790. The van der Waals surface area contributed by atoms with Crippen molar-refractivity contribution in [3.8, 4) is 0 Å². The Bertz CT molecular complexity index is 517. The van der Waals surface area contributed by atoms with Crippen LogP contribution < -0.4 is 0 Å². The molecule has 3 nitrogen and oxygen atoms in total. The summed E-state index contributed by atoms with van der Waals surface area (Å²) in [4.78, 5) is 0. The van der Waals surface area contributed by atoms with Crippen LogP contribution in [0.5, 0.6) is 0 Å². The minimum absolute atomic E-state index is 0.190. The Morgan fingerprint density at radius 2 is 1.82 bits per heavy atom. The number of fused-ring (bicyclic) bond motifs is 5. The Labute approximate surface area is 132 Å². The lowest BCUT2D eigenvalue weighted by molar-refractivity contribution is -0.391. The highest BCUT2D eigenvalue weighted by atomic mass is 16.7. The maximum Gasteiger partial charge on any atom is 0.281 e. The molecular weight excluding hydrogens is 276 g/mol. The van der Waals surface area contributed by atoms with Crippen molar-refractivity contribution in [1.29, 1.82) is 0 Å². The molecule has 0 spiro atoms. The fraction of sp³-hybridized carbons (Fsp3) is 0.789. The molecular formula is C19H28O3. The number of allylic oxidation sites excluding steroid dienone is 4. The summed E-state index contributed by atoms with van der Waals surface area (Å²) in [7, 11) is 0. The molecule has 22 heavy (non-hydrogen) atoms. The summed E-state index contributed by atoms with van der Waals surface area (Å²) in [5, 5.41) is 30.2. The molecule has 0 aliphatic heterocycles. The van der Waals surface area contributed by atoms with Gasteiger partial charge in [0.05, 0.1) is 5.41 Å². The molecule has 0 aromatic rings. The van der Waals surface area contributed by atoms with Gasteiger partial charge in [-0.1, -0.05) is 37.6 Å². The lowest BCUT2D eigenvalue weighted by atomic mass is 9.48. The maximum absolute atomic E-state index is 10.1. The van der Waals surface area contributed by atoms with Crippen LogP contribution in [0.3, 0.4) is 0 Å². The van der Waals surface area contributed by atoms with Gasteiger partial charge in [-0.05, 0) is 67.6 Å². The van der Waals surface area contributed by atoms with Crippen molar-refractivity contribution in [1.82, 2.24) is 0 Å². The third kappa shape index (κ3) is 1.79. The van der Waals surface area contributed by atoms with Crippen LogP contribution in [0.4, 0.5) is 0 Å². The highest BCUT2D eigenvalue weighted by molar-refractivity contribution is 5.23. The van der Waals surface area contributed by atoms with E-state index in [9.17, 15) is 15.3 Å². The van der Waals surface area contributed by atoms with Crippen molar-refractivity contribution in [3.05, 3.63) is 24.3 Å². The van der Waals surface area contributed by atoms with E-state index < -0.39 is 11.4 Å². The van der Waals surface area contributed by atoms with E-state index in [-0.39, 0.29) is 11.3 Å². The first-order valence-corrected chi connectivity index (χ1v) is 8.92. The molecule has 4 aliphatic carbocycles. The van der Waals surface area contributed by atoms with Crippen LogP contribution in [-0.2, 0) is 0 Å². The molecule has 4 aliphatic rings. The molecule has 2 fully saturated rings. The smallest absolute Gasteiger partial charge is 0.281 e. The molecule has 6 atom stereocenters. The molecule has 2 saturated carbocycles. The number of hydrogen-bond donors (Lipinski definition) is 3. The second kappa shape index (κ2) is 4.68. The molecule has 3 heteroatoms. The first kappa shape index (κ1) is 14.9. The molecule has 0 aromatic carbocycles. The zero-order valence-electron chi connectivity index (χ0n) is 13.4. The molecule has 1 unspecified atom stereocenters. The maximum atomic E-state index is 10.1. The minimum atomic E-state index is -2.53. The van der Waals surface area contributed by atoms with Gasteiger partial charge in [0, 0.05) is 0 Å². The van der Waals surface area contributed by atoms with Crippen molar-refractivity contribution >= 4 is 0 Å². The van der Waals surface area contributed by atoms with Crippen molar-refractivity contribution in [2.75, 3.05) is 0 Å². The van der Waals surface area contributed by atoms with Crippen molar-refractivity contribution in [3.63, 3.8) is 0 Å². The van der Waals surface area contributed by atoms with Gasteiger partial charge >= 0.3 is 0 Å². The van der Waals surface area contributed by atoms with Gasteiger partial charge < -0.3 is 15.3 Å². The average Bonchev–Trinajstić information content (AvgIpc) is 2.91. The van der Waals surface area contributed by atoms with E-state index >= 15 is 0 Å².